The van der Waals surface area contributed by atoms with Crippen molar-refractivity contribution in [1.29, 1.82) is 0 Å². The van der Waals surface area contributed by atoms with Gasteiger partial charge in [0.2, 0.25) is 0 Å². The Labute approximate surface area is 173 Å². The van der Waals surface area contributed by atoms with Crippen LogP contribution in [0.5, 0.6) is 0 Å². The van der Waals surface area contributed by atoms with Gasteiger partial charge in [0.05, 0.1) is 16.0 Å². The highest BCUT2D eigenvalue weighted by atomic mass is 16.6. The second kappa shape index (κ2) is 7.33. The van der Waals surface area contributed by atoms with E-state index in [1.165, 1.54) is 33.9 Å². The van der Waals surface area contributed by atoms with Crippen LogP contribution in [0.2, 0.25) is 0 Å². The molecule has 1 heterocycles. The maximum Gasteiger partial charge on any atom is 0.269 e. The zero-order valence-electron chi connectivity index (χ0n) is 16.1. The van der Waals surface area contributed by atoms with Gasteiger partial charge in [-0.25, -0.2) is 0 Å². The number of nitrogens with zero attached hydrogens (tertiary/aromatic N) is 2. The number of fused-ring (bicyclic) bond motifs is 3. The first kappa shape index (κ1) is 17.9. The maximum atomic E-state index is 10.8. The molecule has 0 aliphatic heterocycles. The van der Waals surface area contributed by atoms with Gasteiger partial charge in [0, 0.05) is 28.6 Å². The van der Waals surface area contributed by atoms with Crippen molar-refractivity contribution in [1.82, 2.24) is 4.57 Å². The van der Waals surface area contributed by atoms with Crippen LogP contribution in [-0.2, 0) is 0 Å². The number of benzene rings is 4. The van der Waals surface area contributed by atoms with Crippen molar-refractivity contribution < 1.29 is 4.92 Å². The lowest BCUT2D eigenvalue weighted by atomic mass is 10.1. The van der Waals surface area contributed by atoms with Crippen molar-refractivity contribution in [2.24, 2.45) is 0 Å². The summed E-state index contributed by atoms with van der Waals surface area (Å²) < 4.78 is 2.29. The van der Waals surface area contributed by atoms with E-state index in [1.54, 1.807) is 12.1 Å². The molecule has 4 aromatic carbocycles. The van der Waals surface area contributed by atoms with E-state index in [-0.39, 0.29) is 10.6 Å². The van der Waals surface area contributed by atoms with E-state index in [2.05, 4.69) is 77.4 Å². The van der Waals surface area contributed by atoms with Gasteiger partial charge in [-0.2, -0.15) is 0 Å². The molecule has 0 amide bonds. The van der Waals surface area contributed by atoms with E-state index in [9.17, 15) is 10.1 Å². The average Bonchev–Trinajstić information content (AvgIpc) is 3.13. The minimum atomic E-state index is -0.388. The molecular formula is C26H18N2O2. The highest BCUT2D eigenvalue weighted by molar-refractivity contribution is 6.09. The fraction of sp³-hybridized carbons (Fsp3) is 0. The third kappa shape index (κ3) is 3.14. The van der Waals surface area contributed by atoms with Gasteiger partial charge in [-0.1, -0.05) is 60.7 Å². The van der Waals surface area contributed by atoms with Gasteiger partial charge in [0.25, 0.3) is 5.69 Å². The highest BCUT2D eigenvalue weighted by Crippen LogP contribution is 2.31. The summed E-state index contributed by atoms with van der Waals surface area (Å²) in [5, 5.41) is 13.3. The molecule has 4 nitrogen and oxygen atoms in total. The smallest absolute Gasteiger partial charge is 0.269 e. The first-order valence-corrected chi connectivity index (χ1v) is 9.72. The van der Waals surface area contributed by atoms with Crippen LogP contribution in [0.4, 0.5) is 5.69 Å². The molecule has 0 aliphatic carbocycles. The van der Waals surface area contributed by atoms with Crippen molar-refractivity contribution in [3.05, 3.63) is 118 Å². The molecule has 0 saturated heterocycles. The van der Waals surface area contributed by atoms with Crippen LogP contribution in [0.3, 0.4) is 0 Å². The summed E-state index contributed by atoms with van der Waals surface area (Å²) in [7, 11) is 0. The lowest BCUT2D eigenvalue weighted by Gasteiger charge is -2.08. The fourth-order valence-corrected chi connectivity index (χ4v) is 3.83. The van der Waals surface area contributed by atoms with Crippen LogP contribution < -0.4 is 0 Å². The number of hydrogen-bond acceptors (Lipinski definition) is 2. The molecule has 30 heavy (non-hydrogen) atoms. The molecule has 0 radical (unpaired) electrons. The van der Waals surface area contributed by atoms with Crippen molar-refractivity contribution >= 4 is 39.6 Å². The molecule has 0 fully saturated rings. The van der Waals surface area contributed by atoms with Gasteiger partial charge in [-0.05, 0) is 47.5 Å². The van der Waals surface area contributed by atoms with Gasteiger partial charge < -0.3 is 4.57 Å². The third-order valence-electron chi connectivity index (χ3n) is 5.30. The molecule has 0 saturated carbocycles. The molecule has 5 aromatic rings. The SMILES string of the molecule is O=[N+]([O-])c1ccc(/C=C/c2ccc(-n3c4ccccc4c4ccccc43)cc2)cc1. The summed E-state index contributed by atoms with van der Waals surface area (Å²) in [6, 6.07) is 31.9. The second-order valence-corrected chi connectivity index (χ2v) is 7.14. The molecule has 0 bridgehead atoms. The van der Waals surface area contributed by atoms with Crippen molar-refractivity contribution in [2.45, 2.75) is 0 Å². The number of para-hydroxylation sites is 2. The Morgan fingerprint density at radius 3 is 1.60 bits per heavy atom. The molecule has 5 rings (SSSR count). The second-order valence-electron chi connectivity index (χ2n) is 7.14. The van der Waals surface area contributed by atoms with Crippen molar-refractivity contribution in [2.75, 3.05) is 0 Å². The summed E-state index contributed by atoms with van der Waals surface area (Å²) in [6.45, 7) is 0. The monoisotopic (exact) mass is 390 g/mol. The minimum Gasteiger partial charge on any atom is -0.309 e. The quantitative estimate of drug-likeness (QED) is 0.191. The van der Waals surface area contributed by atoms with Gasteiger partial charge >= 0.3 is 0 Å². The van der Waals surface area contributed by atoms with Crippen LogP contribution in [0.15, 0.2) is 97.1 Å². The van der Waals surface area contributed by atoms with E-state index in [1.807, 2.05) is 12.2 Å². The number of aromatic nitrogens is 1. The Bertz CT molecular complexity index is 1340. The zero-order chi connectivity index (χ0) is 20.5. The Balaban J connectivity index is 1.49. The standard InChI is InChI=1S/C26H18N2O2/c29-28(30)22-17-13-20(14-18-22)10-9-19-11-15-21(16-12-19)27-25-7-3-1-5-23(25)24-6-2-4-8-26(24)27/h1-18H/b10-9+. The number of hydrogen-bond donors (Lipinski definition) is 0. The van der Waals surface area contributed by atoms with Crippen molar-refractivity contribution in [3.63, 3.8) is 0 Å². The number of nitro benzene ring substituents is 1. The zero-order valence-corrected chi connectivity index (χ0v) is 16.1. The molecule has 0 atom stereocenters. The molecule has 4 heteroatoms. The summed E-state index contributed by atoms with van der Waals surface area (Å²) in [5.74, 6) is 0. The Hall–Kier alpha value is -4.18. The van der Waals surface area contributed by atoms with Crippen LogP contribution >= 0.6 is 0 Å². The number of rotatable bonds is 4. The number of non-ortho nitro benzene ring substituents is 1. The molecule has 0 aliphatic rings. The van der Waals surface area contributed by atoms with Crippen LogP contribution in [0.25, 0.3) is 39.6 Å². The Morgan fingerprint density at radius 1 is 0.633 bits per heavy atom. The van der Waals surface area contributed by atoms with Crippen LogP contribution in [0.1, 0.15) is 11.1 Å². The van der Waals surface area contributed by atoms with E-state index in [0.717, 1.165) is 16.8 Å². The van der Waals surface area contributed by atoms with E-state index in [4.69, 9.17) is 0 Å². The van der Waals surface area contributed by atoms with Gasteiger partial charge in [0.1, 0.15) is 0 Å². The van der Waals surface area contributed by atoms with Crippen LogP contribution in [-0.4, -0.2) is 9.49 Å². The summed E-state index contributed by atoms with van der Waals surface area (Å²) >= 11 is 0. The molecular weight excluding hydrogens is 372 g/mol. The Kier molecular flexibility index (Phi) is 4.37. The minimum absolute atomic E-state index is 0.0997. The van der Waals surface area contributed by atoms with E-state index in [0.29, 0.717) is 0 Å². The van der Waals surface area contributed by atoms with Crippen LogP contribution in [0, 0.1) is 10.1 Å². The van der Waals surface area contributed by atoms with Crippen molar-refractivity contribution in [3.8, 4) is 5.69 Å². The maximum absolute atomic E-state index is 10.8. The van der Waals surface area contributed by atoms with Gasteiger partial charge in [-0.15, -0.1) is 0 Å². The average molecular weight is 390 g/mol. The van der Waals surface area contributed by atoms with Gasteiger partial charge in [0.15, 0.2) is 0 Å². The fourth-order valence-electron chi connectivity index (χ4n) is 3.83. The lowest BCUT2D eigenvalue weighted by molar-refractivity contribution is -0.384. The van der Waals surface area contributed by atoms with E-state index < -0.39 is 0 Å². The molecule has 0 spiro atoms. The summed E-state index contributed by atoms with van der Waals surface area (Å²) in [4.78, 5) is 10.4. The largest absolute Gasteiger partial charge is 0.309 e. The molecule has 1 aromatic heterocycles. The first-order chi connectivity index (χ1) is 14.7. The molecule has 0 unspecified atom stereocenters. The molecule has 144 valence electrons. The predicted octanol–water partition coefficient (Wildman–Crippen LogP) is 6.86. The van der Waals surface area contributed by atoms with Gasteiger partial charge in [-0.3, -0.25) is 10.1 Å². The molecule has 0 N–H and O–H groups in total. The van der Waals surface area contributed by atoms with E-state index >= 15 is 0 Å². The number of nitro groups is 1. The summed E-state index contributed by atoms with van der Waals surface area (Å²) in [6.07, 6.45) is 3.97. The first-order valence-electron chi connectivity index (χ1n) is 9.72. The predicted molar refractivity (Wildman–Crippen MR) is 123 cm³/mol. The third-order valence-corrected chi connectivity index (χ3v) is 5.30. The normalized spacial score (nSPS) is 11.5. The Morgan fingerprint density at radius 2 is 1.10 bits per heavy atom. The topological polar surface area (TPSA) is 48.1 Å². The summed E-state index contributed by atoms with van der Waals surface area (Å²) in [5.41, 5.74) is 5.58. The highest BCUT2D eigenvalue weighted by Gasteiger charge is 2.10. The lowest BCUT2D eigenvalue weighted by Crippen LogP contribution is -1.93.